The lowest BCUT2D eigenvalue weighted by Crippen LogP contribution is -2.43. The van der Waals surface area contributed by atoms with Crippen LogP contribution in [0.1, 0.15) is 0 Å². The lowest BCUT2D eigenvalue weighted by Gasteiger charge is -2.28. The molecule has 0 bridgehead atoms. The highest BCUT2D eigenvalue weighted by Crippen LogP contribution is 2.30. The van der Waals surface area contributed by atoms with E-state index in [1.54, 1.807) is 0 Å². The van der Waals surface area contributed by atoms with Gasteiger partial charge in [-0.2, -0.15) is 10.2 Å². The first kappa shape index (κ1) is 21.1. The molecule has 5 rings (SSSR count). The minimum atomic E-state index is 0. The SMILES string of the molecule is Cl.Cl.Cn1cc(-c2cc(-c3ccc(N4CCNCC4)nc3)c3ccnn3c2)cn1. The summed E-state index contributed by atoms with van der Waals surface area (Å²) >= 11 is 0. The van der Waals surface area contributed by atoms with Gasteiger partial charge in [-0.05, 0) is 24.3 Å². The number of piperazine rings is 1. The zero-order valence-electron chi connectivity index (χ0n) is 16.0. The van der Waals surface area contributed by atoms with Crippen molar-refractivity contribution in [3.05, 3.63) is 55.2 Å². The molecule has 9 heteroatoms. The molecule has 1 fully saturated rings. The van der Waals surface area contributed by atoms with E-state index in [-0.39, 0.29) is 24.8 Å². The number of nitrogens with zero attached hydrogens (tertiary/aromatic N) is 6. The molecule has 5 heterocycles. The summed E-state index contributed by atoms with van der Waals surface area (Å²) in [5.74, 6) is 1.04. The summed E-state index contributed by atoms with van der Waals surface area (Å²) in [6, 6.07) is 8.49. The van der Waals surface area contributed by atoms with Crippen LogP contribution in [-0.2, 0) is 7.05 Å². The van der Waals surface area contributed by atoms with Crippen molar-refractivity contribution in [1.29, 1.82) is 0 Å². The van der Waals surface area contributed by atoms with Crippen LogP contribution in [0.15, 0.2) is 55.2 Å². The van der Waals surface area contributed by atoms with Gasteiger partial charge in [0.25, 0.3) is 0 Å². The maximum atomic E-state index is 4.73. The molecule has 1 aliphatic heterocycles. The zero-order chi connectivity index (χ0) is 18.2. The van der Waals surface area contributed by atoms with Gasteiger partial charge < -0.3 is 10.2 Å². The van der Waals surface area contributed by atoms with Crippen molar-refractivity contribution in [2.75, 3.05) is 31.1 Å². The first-order chi connectivity index (χ1) is 13.3. The minimum Gasteiger partial charge on any atom is -0.354 e. The number of fused-ring (bicyclic) bond motifs is 1. The van der Waals surface area contributed by atoms with E-state index in [1.165, 1.54) is 0 Å². The van der Waals surface area contributed by atoms with Crippen molar-refractivity contribution in [3.8, 4) is 22.3 Å². The van der Waals surface area contributed by atoms with E-state index in [4.69, 9.17) is 4.98 Å². The number of aromatic nitrogens is 5. The first-order valence-electron chi connectivity index (χ1n) is 9.16. The highest BCUT2D eigenvalue weighted by molar-refractivity contribution is 5.86. The van der Waals surface area contributed by atoms with Crippen molar-refractivity contribution in [3.63, 3.8) is 0 Å². The van der Waals surface area contributed by atoms with Crippen molar-refractivity contribution in [1.82, 2.24) is 29.7 Å². The Morgan fingerprint density at radius 3 is 2.41 bits per heavy atom. The number of anilines is 1. The fraction of sp³-hybridized carbons (Fsp3) is 0.250. The summed E-state index contributed by atoms with van der Waals surface area (Å²) in [7, 11) is 1.93. The molecular formula is C20H23Cl2N7. The van der Waals surface area contributed by atoms with Gasteiger partial charge in [-0.25, -0.2) is 9.50 Å². The number of hydrogen-bond acceptors (Lipinski definition) is 5. The molecule has 1 saturated heterocycles. The van der Waals surface area contributed by atoms with E-state index in [0.29, 0.717) is 0 Å². The lowest BCUT2D eigenvalue weighted by molar-refractivity contribution is 0.585. The third-order valence-electron chi connectivity index (χ3n) is 5.05. The van der Waals surface area contributed by atoms with Crippen LogP contribution < -0.4 is 10.2 Å². The Kier molecular flexibility index (Phi) is 6.42. The Labute approximate surface area is 181 Å². The molecule has 1 N–H and O–H groups in total. The van der Waals surface area contributed by atoms with E-state index in [2.05, 4.69) is 38.6 Å². The van der Waals surface area contributed by atoms with E-state index in [9.17, 15) is 0 Å². The summed E-state index contributed by atoms with van der Waals surface area (Å²) in [6.07, 6.45) is 9.72. The van der Waals surface area contributed by atoms with Gasteiger partial charge in [0, 0.05) is 80.3 Å². The summed E-state index contributed by atoms with van der Waals surface area (Å²) in [4.78, 5) is 7.05. The average Bonchev–Trinajstić information content (AvgIpc) is 3.37. The van der Waals surface area contributed by atoms with E-state index >= 15 is 0 Å². The molecule has 0 saturated carbocycles. The number of halogens is 2. The van der Waals surface area contributed by atoms with Gasteiger partial charge in [0.15, 0.2) is 0 Å². The number of aryl methyl sites for hydroxylation is 1. The molecule has 0 aromatic carbocycles. The summed E-state index contributed by atoms with van der Waals surface area (Å²) in [6.45, 7) is 4.01. The number of hydrogen-bond donors (Lipinski definition) is 1. The monoisotopic (exact) mass is 431 g/mol. The molecule has 4 aromatic rings. The maximum absolute atomic E-state index is 4.73. The fourth-order valence-corrected chi connectivity index (χ4v) is 3.61. The Balaban J connectivity index is 0.00000120. The van der Waals surface area contributed by atoms with Gasteiger partial charge in [-0.3, -0.25) is 4.68 Å². The van der Waals surface area contributed by atoms with E-state index < -0.39 is 0 Å². The topological polar surface area (TPSA) is 63.3 Å². The molecule has 0 atom stereocenters. The van der Waals surface area contributed by atoms with Crippen LogP contribution in [0.2, 0.25) is 0 Å². The Bertz CT molecular complexity index is 1080. The van der Waals surface area contributed by atoms with Crippen LogP contribution in [0.3, 0.4) is 0 Å². The van der Waals surface area contributed by atoms with Crippen molar-refractivity contribution < 1.29 is 0 Å². The first-order valence-corrected chi connectivity index (χ1v) is 9.16. The fourth-order valence-electron chi connectivity index (χ4n) is 3.61. The second-order valence-electron chi connectivity index (χ2n) is 6.85. The molecule has 0 unspecified atom stereocenters. The van der Waals surface area contributed by atoms with Gasteiger partial charge in [-0.15, -0.1) is 24.8 Å². The van der Waals surface area contributed by atoms with E-state index in [1.807, 2.05) is 53.3 Å². The molecular weight excluding hydrogens is 409 g/mol. The van der Waals surface area contributed by atoms with Crippen molar-refractivity contribution >= 4 is 36.1 Å². The van der Waals surface area contributed by atoms with Crippen LogP contribution in [0.5, 0.6) is 0 Å². The highest BCUT2D eigenvalue weighted by Gasteiger charge is 2.13. The lowest BCUT2D eigenvalue weighted by atomic mass is 10.0. The highest BCUT2D eigenvalue weighted by atomic mass is 35.5. The quantitative estimate of drug-likeness (QED) is 0.539. The third-order valence-corrected chi connectivity index (χ3v) is 5.05. The standard InChI is InChI=1S/C20H21N7.2ClH/c1-25-13-17(12-24-25)16-10-18(19-4-5-23-27(19)14-16)15-2-3-20(22-11-15)26-8-6-21-7-9-26;;/h2-5,10-14,21H,6-9H2,1H3;2*1H. The Morgan fingerprint density at radius 2 is 1.72 bits per heavy atom. The van der Waals surface area contributed by atoms with Gasteiger partial charge in [0.2, 0.25) is 0 Å². The Morgan fingerprint density at radius 1 is 0.897 bits per heavy atom. The Hall–Kier alpha value is -2.61. The second kappa shape index (κ2) is 8.82. The summed E-state index contributed by atoms with van der Waals surface area (Å²) in [5, 5.41) is 12.1. The van der Waals surface area contributed by atoms with Crippen molar-refractivity contribution in [2.24, 2.45) is 7.05 Å². The van der Waals surface area contributed by atoms with Crippen LogP contribution in [0.4, 0.5) is 5.82 Å². The minimum absolute atomic E-state index is 0. The summed E-state index contributed by atoms with van der Waals surface area (Å²) in [5.41, 5.74) is 5.43. The second-order valence-corrected chi connectivity index (χ2v) is 6.85. The molecule has 7 nitrogen and oxygen atoms in total. The largest absolute Gasteiger partial charge is 0.354 e. The normalized spacial score (nSPS) is 13.8. The third kappa shape index (κ3) is 4.07. The maximum Gasteiger partial charge on any atom is 0.128 e. The number of pyridine rings is 2. The molecule has 29 heavy (non-hydrogen) atoms. The van der Waals surface area contributed by atoms with Crippen LogP contribution >= 0.6 is 24.8 Å². The van der Waals surface area contributed by atoms with Gasteiger partial charge in [0.05, 0.1) is 11.7 Å². The number of rotatable bonds is 3. The molecule has 4 aromatic heterocycles. The van der Waals surface area contributed by atoms with E-state index in [0.717, 1.165) is 59.8 Å². The predicted octanol–water partition coefficient (Wildman–Crippen LogP) is 3.05. The molecule has 152 valence electrons. The zero-order valence-corrected chi connectivity index (χ0v) is 17.7. The predicted molar refractivity (Wildman–Crippen MR) is 120 cm³/mol. The molecule has 1 aliphatic rings. The van der Waals surface area contributed by atoms with Crippen LogP contribution in [0.25, 0.3) is 27.8 Å². The smallest absolute Gasteiger partial charge is 0.128 e. The van der Waals surface area contributed by atoms with Crippen LogP contribution in [0, 0.1) is 0 Å². The molecule has 0 radical (unpaired) electrons. The average molecular weight is 432 g/mol. The van der Waals surface area contributed by atoms with Crippen LogP contribution in [-0.4, -0.2) is 50.6 Å². The van der Waals surface area contributed by atoms with Gasteiger partial charge in [0.1, 0.15) is 5.82 Å². The summed E-state index contributed by atoms with van der Waals surface area (Å²) < 4.78 is 3.73. The van der Waals surface area contributed by atoms with Crippen molar-refractivity contribution in [2.45, 2.75) is 0 Å². The van der Waals surface area contributed by atoms with Gasteiger partial charge >= 0.3 is 0 Å². The molecule has 0 spiro atoms. The molecule has 0 amide bonds. The molecule has 0 aliphatic carbocycles. The number of nitrogens with one attached hydrogen (secondary N) is 1. The van der Waals surface area contributed by atoms with Gasteiger partial charge in [-0.1, -0.05) is 0 Å².